The highest BCUT2D eigenvalue weighted by Crippen LogP contribution is 2.43. The second kappa shape index (κ2) is 7.71. The van der Waals surface area contributed by atoms with Gasteiger partial charge in [0.15, 0.2) is 6.17 Å². The number of amides is 1. The van der Waals surface area contributed by atoms with Gasteiger partial charge in [-0.25, -0.2) is 0 Å². The number of hydrogen-bond donors (Lipinski definition) is 1. The Kier molecular flexibility index (Phi) is 4.95. The number of para-hydroxylation sites is 2. The fourth-order valence-corrected chi connectivity index (χ4v) is 3.46. The van der Waals surface area contributed by atoms with Gasteiger partial charge in [-0.2, -0.15) is 0 Å². The van der Waals surface area contributed by atoms with E-state index in [0.717, 1.165) is 5.69 Å². The van der Waals surface area contributed by atoms with Gasteiger partial charge in [-0.15, -0.1) is 0 Å². The zero-order valence-electron chi connectivity index (χ0n) is 16.4. The number of ether oxygens (including phenoxy) is 3. The molecule has 0 radical (unpaired) electrons. The number of carbonyl (C=O) groups is 1. The van der Waals surface area contributed by atoms with Crippen molar-refractivity contribution in [1.29, 1.82) is 0 Å². The molecule has 1 aliphatic heterocycles. The van der Waals surface area contributed by atoms with E-state index < -0.39 is 6.17 Å². The summed E-state index contributed by atoms with van der Waals surface area (Å²) in [6.45, 7) is 0. The molecule has 1 aromatic heterocycles. The molecule has 2 aromatic carbocycles. The van der Waals surface area contributed by atoms with Crippen LogP contribution >= 0.6 is 0 Å². The van der Waals surface area contributed by atoms with Crippen molar-refractivity contribution in [3.63, 3.8) is 0 Å². The monoisotopic (exact) mass is 391 g/mol. The van der Waals surface area contributed by atoms with Crippen LogP contribution in [0.25, 0.3) is 0 Å². The van der Waals surface area contributed by atoms with Gasteiger partial charge >= 0.3 is 0 Å². The molecule has 0 spiro atoms. The van der Waals surface area contributed by atoms with Crippen molar-refractivity contribution >= 4 is 17.3 Å². The molecule has 0 fully saturated rings. The highest BCUT2D eigenvalue weighted by molar-refractivity contribution is 6.11. The topological polar surface area (TPSA) is 72.9 Å². The number of fused-ring (bicyclic) bond motifs is 1. The van der Waals surface area contributed by atoms with E-state index in [9.17, 15) is 4.79 Å². The first-order chi connectivity index (χ1) is 14.2. The summed E-state index contributed by atoms with van der Waals surface area (Å²) in [5.74, 6) is 1.67. The number of methoxy groups -OCH3 is 3. The largest absolute Gasteiger partial charge is 0.497 e. The molecule has 0 saturated carbocycles. The second-order valence-electron chi connectivity index (χ2n) is 6.40. The number of aromatic nitrogens is 1. The number of anilines is 2. The van der Waals surface area contributed by atoms with E-state index >= 15 is 0 Å². The molecule has 7 heteroatoms. The van der Waals surface area contributed by atoms with Gasteiger partial charge in [0.05, 0.1) is 44.0 Å². The Bertz CT molecular complexity index is 1050. The molecular weight excluding hydrogens is 370 g/mol. The average molecular weight is 391 g/mol. The third-order valence-corrected chi connectivity index (χ3v) is 4.85. The Morgan fingerprint density at radius 3 is 2.48 bits per heavy atom. The Hall–Kier alpha value is -3.74. The molecule has 1 amide bonds. The number of pyridine rings is 1. The molecule has 1 atom stereocenters. The van der Waals surface area contributed by atoms with Crippen LogP contribution < -0.4 is 24.4 Å². The van der Waals surface area contributed by atoms with Crippen LogP contribution in [0, 0.1) is 0 Å². The lowest BCUT2D eigenvalue weighted by Gasteiger charge is -2.28. The summed E-state index contributed by atoms with van der Waals surface area (Å²) < 4.78 is 16.4. The van der Waals surface area contributed by atoms with E-state index in [0.29, 0.717) is 34.2 Å². The Labute approximate surface area is 168 Å². The summed E-state index contributed by atoms with van der Waals surface area (Å²) >= 11 is 0. The molecule has 29 heavy (non-hydrogen) atoms. The molecular formula is C22H21N3O4. The van der Waals surface area contributed by atoms with Crippen molar-refractivity contribution in [2.45, 2.75) is 6.17 Å². The number of carbonyl (C=O) groups excluding carboxylic acids is 1. The van der Waals surface area contributed by atoms with E-state index in [1.165, 1.54) is 0 Å². The first-order valence-electron chi connectivity index (χ1n) is 9.08. The Balaban J connectivity index is 1.85. The SMILES string of the molecule is COc1ccc(OC)c(N2C(=O)c3cccnc3[C@H]2Nc2ccccc2OC)c1. The van der Waals surface area contributed by atoms with Crippen LogP contribution in [0.5, 0.6) is 17.2 Å². The number of nitrogens with zero attached hydrogens (tertiary/aromatic N) is 2. The van der Waals surface area contributed by atoms with E-state index in [1.54, 1.807) is 62.8 Å². The number of rotatable bonds is 6. The van der Waals surface area contributed by atoms with Crippen LogP contribution in [0.4, 0.5) is 11.4 Å². The quantitative estimate of drug-likeness (QED) is 0.688. The van der Waals surface area contributed by atoms with Crippen molar-refractivity contribution in [2.24, 2.45) is 0 Å². The Morgan fingerprint density at radius 2 is 1.72 bits per heavy atom. The smallest absolute Gasteiger partial charge is 0.262 e. The van der Waals surface area contributed by atoms with Crippen LogP contribution in [0.2, 0.25) is 0 Å². The van der Waals surface area contributed by atoms with E-state index in [2.05, 4.69) is 10.3 Å². The molecule has 0 saturated heterocycles. The van der Waals surface area contributed by atoms with Crippen LogP contribution in [0.3, 0.4) is 0 Å². The minimum Gasteiger partial charge on any atom is -0.497 e. The molecule has 2 heterocycles. The fraction of sp³-hybridized carbons (Fsp3) is 0.182. The molecule has 7 nitrogen and oxygen atoms in total. The van der Waals surface area contributed by atoms with Crippen LogP contribution in [-0.4, -0.2) is 32.2 Å². The zero-order chi connectivity index (χ0) is 20.4. The van der Waals surface area contributed by atoms with Gasteiger partial charge in [0.25, 0.3) is 5.91 Å². The van der Waals surface area contributed by atoms with Gasteiger partial charge in [0, 0.05) is 12.3 Å². The average Bonchev–Trinajstić information content (AvgIpc) is 3.05. The number of nitrogens with one attached hydrogen (secondary N) is 1. The summed E-state index contributed by atoms with van der Waals surface area (Å²) in [6.07, 6.45) is 1.13. The highest BCUT2D eigenvalue weighted by atomic mass is 16.5. The second-order valence-corrected chi connectivity index (χ2v) is 6.40. The fourth-order valence-electron chi connectivity index (χ4n) is 3.46. The van der Waals surface area contributed by atoms with Gasteiger partial charge in [0.1, 0.15) is 17.2 Å². The molecule has 1 N–H and O–H groups in total. The maximum absolute atomic E-state index is 13.3. The predicted molar refractivity (Wildman–Crippen MR) is 110 cm³/mol. The summed E-state index contributed by atoms with van der Waals surface area (Å²) in [6, 6.07) is 16.4. The highest BCUT2D eigenvalue weighted by Gasteiger charge is 2.40. The Morgan fingerprint density at radius 1 is 0.931 bits per heavy atom. The van der Waals surface area contributed by atoms with E-state index in [1.807, 2.05) is 24.3 Å². The lowest BCUT2D eigenvalue weighted by atomic mass is 10.2. The van der Waals surface area contributed by atoms with E-state index in [-0.39, 0.29) is 5.91 Å². The van der Waals surface area contributed by atoms with Crippen molar-refractivity contribution in [1.82, 2.24) is 4.98 Å². The molecule has 3 aromatic rings. The summed E-state index contributed by atoms with van der Waals surface area (Å²) in [5, 5.41) is 3.41. The summed E-state index contributed by atoms with van der Waals surface area (Å²) in [5.41, 5.74) is 2.50. The normalized spacial score (nSPS) is 15.1. The lowest BCUT2D eigenvalue weighted by molar-refractivity contribution is 0.0992. The van der Waals surface area contributed by atoms with Crippen LogP contribution in [0.15, 0.2) is 60.8 Å². The van der Waals surface area contributed by atoms with Gasteiger partial charge < -0.3 is 19.5 Å². The molecule has 0 bridgehead atoms. The molecule has 1 aliphatic rings. The summed E-state index contributed by atoms with van der Waals surface area (Å²) in [4.78, 5) is 19.4. The van der Waals surface area contributed by atoms with Crippen LogP contribution in [0.1, 0.15) is 22.2 Å². The van der Waals surface area contributed by atoms with Gasteiger partial charge in [0.2, 0.25) is 0 Å². The molecule has 0 aliphatic carbocycles. The molecule has 4 rings (SSSR count). The van der Waals surface area contributed by atoms with Gasteiger partial charge in [-0.3, -0.25) is 14.7 Å². The number of hydrogen-bond acceptors (Lipinski definition) is 6. The van der Waals surface area contributed by atoms with Crippen molar-refractivity contribution in [3.05, 3.63) is 72.1 Å². The maximum Gasteiger partial charge on any atom is 0.262 e. The standard InChI is InChI=1S/C22H21N3O4/c1-27-14-10-11-19(29-3)17(13-14)25-21(20-15(22(25)26)7-6-12-23-20)24-16-8-4-5-9-18(16)28-2/h4-13,21,24H,1-3H3/t21-/m0/s1. The molecule has 148 valence electrons. The molecule has 0 unspecified atom stereocenters. The van der Waals surface area contributed by atoms with E-state index in [4.69, 9.17) is 14.2 Å². The maximum atomic E-state index is 13.3. The first-order valence-corrected chi connectivity index (χ1v) is 9.08. The third-order valence-electron chi connectivity index (χ3n) is 4.85. The third kappa shape index (κ3) is 3.20. The van der Waals surface area contributed by atoms with Crippen molar-refractivity contribution < 1.29 is 19.0 Å². The first kappa shape index (κ1) is 18.6. The minimum atomic E-state index is -0.545. The zero-order valence-corrected chi connectivity index (χ0v) is 16.4. The predicted octanol–water partition coefficient (Wildman–Crippen LogP) is 3.88. The van der Waals surface area contributed by atoms with Crippen molar-refractivity contribution in [2.75, 3.05) is 31.5 Å². The minimum absolute atomic E-state index is 0.174. The van der Waals surface area contributed by atoms with Gasteiger partial charge in [-0.05, 0) is 36.4 Å². The van der Waals surface area contributed by atoms with Crippen LogP contribution in [-0.2, 0) is 0 Å². The van der Waals surface area contributed by atoms with Crippen molar-refractivity contribution in [3.8, 4) is 17.2 Å². The van der Waals surface area contributed by atoms with Gasteiger partial charge in [-0.1, -0.05) is 12.1 Å². The summed E-state index contributed by atoms with van der Waals surface area (Å²) in [7, 11) is 4.76. The lowest BCUT2D eigenvalue weighted by Crippen LogP contribution is -2.33. The number of benzene rings is 2.